The Morgan fingerprint density at radius 3 is 2.17 bits per heavy atom. The van der Waals surface area contributed by atoms with Gasteiger partial charge in [-0.05, 0) is 69.0 Å². The lowest BCUT2D eigenvalue weighted by Gasteiger charge is -2.41. The summed E-state index contributed by atoms with van der Waals surface area (Å²) in [6, 6.07) is 3.33. The van der Waals surface area contributed by atoms with Crippen molar-refractivity contribution in [3.05, 3.63) is 48.2 Å². The van der Waals surface area contributed by atoms with E-state index < -0.39 is 72.2 Å². The van der Waals surface area contributed by atoms with Gasteiger partial charge in [-0.2, -0.15) is 0 Å². The number of amides is 9. The third-order valence-corrected chi connectivity index (χ3v) is 15.3. The molecule has 10 atom stereocenters. The number of hydrogen-bond acceptors (Lipinski definition) is 12. The molecule has 1 aromatic carbocycles. The van der Waals surface area contributed by atoms with Crippen molar-refractivity contribution in [3.63, 3.8) is 0 Å². The minimum absolute atomic E-state index is 0.0314. The molecule has 2 saturated heterocycles. The molecule has 3 aliphatic rings. The van der Waals surface area contributed by atoms with Gasteiger partial charge in [0.25, 0.3) is 17.7 Å². The molecule has 0 aliphatic carbocycles. The van der Waals surface area contributed by atoms with Crippen molar-refractivity contribution in [3.8, 4) is 0 Å². The Morgan fingerprint density at radius 2 is 1.55 bits per heavy atom. The fraction of sp³-hybridized carbons (Fsp3) is 0.673. The maximum atomic E-state index is 14.7. The van der Waals surface area contributed by atoms with Gasteiger partial charge in [0.15, 0.2) is 0 Å². The van der Waals surface area contributed by atoms with Crippen LogP contribution >= 0.6 is 0 Å². The molecule has 3 aliphatic heterocycles. The zero-order chi connectivity index (χ0) is 56.0. The van der Waals surface area contributed by atoms with Gasteiger partial charge in [0.1, 0.15) is 12.1 Å². The number of fused-ring (bicyclic) bond motifs is 1. The summed E-state index contributed by atoms with van der Waals surface area (Å²) >= 11 is 0. The van der Waals surface area contributed by atoms with Crippen LogP contribution < -0.4 is 21.3 Å². The number of nitrogens with zero attached hydrogens (tertiary/aromatic N) is 5. The number of likely N-dealkylation sites (tertiary alicyclic amines) is 1. The summed E-state index contributed by atoms with van der Waals surface area (Å²) in [5.74, 6) is -3.88. The Kier molecular flexibility index (Phi) is 22.8. The number of rotatable bonds is 27. The molecule has 1 aromatic heterocycles. The third kappa shape index (κ3) is 15.4. The van der Waals surface area contributed by atoms with Gasteiger partial charge in [-0.3, -0.25) is 48.2 Å². The molecule has 5 rings (SSSR count). The van der Waals surface area contributed by atoms with Crippen LogP contribution in [-0.2, 0) is 54.3 Å². The van der Waals surface area contributed by atoms with Crippen molar-refractivity contribution in [1.29, 1.82) is 0 Å². The van der Waals surface area contributed by atoms with Gasteiger partial charge < -0.3 is 45.5 Å². The molecule has 21 nitrogen and oxygen atoms in total. The van der Waals surface area contributed by atoms with E-state index in [1.807, 2.05) is 76.9 Å². The number of benzene rings is 1. The molecule has 5 N–H and O–H groups in total. The largest absolute Gasteiger partial charge is 0.379 e. The molecule has 2 aromatic rings. The number of hydrogen-bond donors (Lipinski definition) is 5. The SMILES string of the molecule is CCC(C)C(C(CC(=O)N1CCC[C@H]1C(OC)C(C)C(=O)NC(Cc1c[nH]c2ccccc12)C(=O)N1CCCCO1)OC)N(C)C(=O)C(NC(=O)C(C(C)C)N(C)CC(C)NC(=O)NCCN1C(=O)C=CC1=O)C(C)C. The zero-order valence-corrected chi connectivity index (χ0v) is 46.9. The average Bonchev–Trinajstić information content (AvgIpc) is 4.13. The molecule has 0 spiro atoms. The lowest BCUT2D eigenvalue weighted by molar-refractivity contribution is -0.199. The van der Waals surface area contributed by atoms with Gasteiger partial charge >= 0.3 is 6.03 Å². The van der Waals surface area contributed by atoms with Crippen molar-refractivity contribution < 1.29 is 52.7 Å². The van der Waals surface area contributed by atoms with Crippen LogP contribution in [-0.4, -0.2) is 193 Å². The van der Waals surface area contributed by atoms with Gasteiger partial charge in [0.2, 0.25) is 23.6 Å². The molecule has 4 heterocycles. The highest BCUT2D eigenvalue weighted by Crippen LogP contribution is 2.30. The molecule has 422 valence electrons. The first kappa shape index (κ1) is 61.0. The van der Waals surface area contributed by atoms with E-state index in [-0.39, 0.29) is 79.8 Å². The van der Waals surface area contributed by atoms with E-state index in [1.54, 1.807) is 37.7 Å². The van der Waals surface area contributed by atoms with Gasteiger partial charge in [-0.15, -0.1) is 0 Å². The normalized spacial score (nSPS) is 19.6. The van der Waals surface area contributed by atoms with E-state index in [1.165, 1.54) is 31.4 Å². The summed E-state index contributed by atoms with van der Waals surface area (Å²) in [7, 11) is 6.53. The van der Waals surface area contributed by atoms with Gasteiger partial charge in [-0.25, -0.2) is 9.86 Å². The number of H-pyrrole nitrogens is 1. The van der Waals surface area contributed by atoms with Gasteiger partial charge in [0.05, 0.1) is 49.3 Å². The fourth-order valence-electron chi connectivity index (χ4n) is 11.1. The van der Waals surface area contributed by atoms with Crippen LogP contribution in [0.15, 0.2) is 42.6 Å². The van der Waals surface area contributed by atoms with Crippen LogP contribution in [0.3, 0.4) is 0 Å². The summed E-state index contributed by atoms with van der Waals surface area (Å²) in [6.07, 6.45) is 6.51. The first-order chi connectivity index (χ1) is 36.1. The molecule has 9 amide bonds. The molecule has 76 heavy (non-hydrogen) atoms. The first-order valence-electron chi connectivity index (χ1n) is 27.1. The Labute approximate surface area is 448 Å². The number of para-hydroxylation sites is 1. The minimum atomic E-state index is -0.930. The molecule has 21 heteroatoms. The molecular weight excluding hydrogens is 977 g/mol. The summed E-state index contributed by atoms with van der Waals surface area (Å²) in [4.78, 5) is 124. The highest BCUT2D eigenvalue weighted by molar-refractivity contribution is 6.12. The van der Waals surface area contributed by atoms with E-state index in [4.69, 9.17) is 14.3 Å². The highest BCUT2D eigenvalue weighted by atomic mass is 16.7. The standard InChI is InChI=1S/C55H86N10O11/c1-13-35(6)49(62(10)54(72)47(33(2)3)60-52(70)48(34(4)5)61(9)32-36(7)58-55(73)56-24-27-64-44(66)22-23-45(64)67)43(74-11)30-46(68)63-25-18-21-42(63)50(75-12)37(8)51(69)59-41(53(71)65-26-16-17-28-76-65)29-38-31-57-40-20-15-14-19-39(38)40/h14-15,19-20,22-23,31,33-37,41-43,47-50,57H,13,16-18,21,24-30,32H2,1-12H3,(H,59,69)(H,60,70)(H2,56,58,73)/t35?,36?,37?,41?,42-,43?,47?,48?,49?,50?/m0/s1. The Balaban J connectivity index is 1.24. The lowest BCUT2D eigenvalue weighted by Crippen LogP contribution is -2.60. The minimum Gasteiger partial charge on any atom is -0.379 e. The molecule has 0 radical (unpaired) electrons. The van der Waals surface area contributed by atoms with E-state index in [2.05, 4.69) is 26.3 Å². The topological polar surface area (TPSA) is 244 Å². The lowest BCUT2D eigenvalue weighted by atomic mass is 9.89. The number of nitrogens with one attached hydrogen (secondary N) is 5. The predicted octanol–water partition coefficient (Wildman–Crippen LogP) is 3.38. The number of carbonyl (C=O) groups is 8. The van der Waals surface area contributed by atoms with Crippen molar-refractivity contribution >= 4 is 58.3 Å². The number of methoxy groups -OCH3 is 2. The van der Waals surface area contributed by atoms with Crippen LogP contribution in [0.5, 0.6) is 0 Å². The monoisotopic (exact) mass is 1060 g/mol. The number of hydroxylamine groups is 2. The molecule has 2 fully saturated rings. The smallest absolute Gasteiger partial charge is 0.315 e. The maximum absolute atomic E-state index is 14.7. The number of urea groups is 1. The number of carbonyl (C=O) groups excluding carboxylic acids is 8. The molecular formula is C55H86N10O11. The summed E-state index contributed by atoms with van der Waals surface area (Å²) in [6.45, 7) is 16.8. The van der Waals surface area contributed by atoms with Crippen LogP contribution in [0.2, 0.25) is 0 Å². The maximum Gasteiger partial charge on any atom is 0.315 e. The number of ether oxygens (including phenoxy) is 2. The molecule has 0 saturated carbocycles. The summed E-state index contributed by atoms with van der Waals surface area (Å²) in [5.41, 5.74) is 1.80. The summed E-state index contributed by atoms with van der Waals surface area (Å²) < 4.78 is 12.2. The number of imide groups is 1. The Bertz CT molecular complexity index is 2330. The van der Waals surface area contributed by atoms with Crippen LogP contribution in [0, 0.1) is 23.7 Å². The van der Waals surface area contributed by atoms with Crippen LogP contribution in [0.4, 0.5) is 4.79 Å². The van der Waals surface area contributed by atoms with Gasteiger partial charge in [0, 0.05) is 95.7 Å². The van der Waals surface area contributed by atoms with Crippen molar-refractivity contribution in [2.75, 3.05) is 67.6 Å². The Hall–Kier alpha value is -5.90. The zero-order valence-electron chi connectivity index (χ0n) is 46.9. The quantitative estimate of drug-likeness (QED) is 0.0810. The molecule has 0 bridgehead atoms. The fourth-order valence-corrected chi connectivity index (χ4v) is 11.1. The summed E-state index contributed by atoms with van der Waals surface area (Å²) in [5, 5.41) is 13.9. The van der Waals surface area contributed by atoms with Crippen molar-refractivity contribution in [2.45, 2.75) is 149 Å². The highest BCUT2D eigenvalue weighted by Gasteiger charge is 2.44. The predicted molar refractivity (Wildman–Crippen MR) is 287 cm³/mol. The second kappa shape index (κ2) is 28.5. The number of aromatic amines is 1. The molecule has 9 unspecified atom stereocenters. The third-order valence-electron chi connectivity index (χ3n) is 15.3. The van der Waals surface area contributed by atoms with E-state index in [0.29, 0.717) is 39.0 Å². The van der Waals surface area contributed by atoms with E-state index >= 15 is 0 Å². The van der Waals surface area contributed by atoms with Crippen LogP contribution in [0.25, 0.3) is 10.9 Å². The first-order valence-corrected chi connectivity index (χ1v) is 27.1. The number of likely N-dealkylation sites (N-methyl/N-ethyl adjacent to an activating group) is 2. The second-order valence-corrected chi connectivity index (χ2v) is 21.5. The van der Waals surface area contributed by atoms with Crippen LogP contribution in [0.1, 0.15) is 99.5 Å². The van der Waals surface area contributed by atoms with Crippen molar-refractivity contribution in [2.24, 2.45) is 23.7 Å². The Morgan fingerprint density at radius 1 is 0.855 bits per heavy atom. The second-order valence-electron chi connectivity index (χ2n) is 21.5. The van der Waals surface area contributed by atoms with Crippen molar-refractivity contribution in [1.82, 2.24) is 50.9 Å². The number of aromatic nitrogens is 1. The van der Waals surface area contributed by atoms with E-state index in [9.17, 15) is 38.4 Å². The average molecular weight is 1060 g/mol. The van der Waals surface area contributed by atoms with Gasteiger partial charge in [-0.1, -0.05) is 73.1 Å². The van der Waals surface area contributed by atoms with E-state index in [0.717, 1.165) is 34.2 Å².